The molecule has 0 spiro atoms. The van der Waals surface area contributed by atoms with Crippen molar-refractivity contribution in [1.82, 2.24) is 0 Å². The Labute approximate surface area is 307 Å². The molecule has 0 aliphatic heterocycles. The molecule has 1 aromatic heterocycles. The van der Waals surface area contributed by atoms with Crippen molar-refractivity contribution >= 4 is 63.8 Å². The van der Waals surface area contributed by atoms with Crippen molar-refractivity contribution in [3.05, 3.63) is 181 Å². The minimum Gasteiger partial charge on any atom is -0.135 e. The molecule has 1 aliphatic rings. The fourth-order valence-corrected chi connectivity index (χ4v) is 10.5. The summed E-state index contributed by atoms with van der Waals surface area (Å²) in [6.07, 6.45) is 0. The maximum atomic E-state index is 2.45. The SMILES string of the molecule is CC1(C)c2ccc(-c3cccc(-c4c5ccccc5c(-c5ccccc5)c5ccccc45)c3)cc2-c2ccc3ccc4sc5ccccc5c4c3c21. The average Bonchev–Trinajstić information content (AvgIpc) is 3.69. The van der Waals surface area contributed by atoms with Crippen LogP contribution in [0.4, 0.5) is 0 Å². The van der Waals surface area contributed by atoms with E-state index < -0.39 is 0 Å². The van der Waals surface area contributed by atoms with E-state index in [9.17, 15) is 0 Å². The number of rotatable bonds is 3. The van der Waals surface area contributed by atoms with Gasteiger partial charge in [0.15, 0.2) is 0 Å². The van der Waals surface area contributed by atoms with Crippen molar-refractivity contribution in [1.29, 1.82) is 0 Å². The fourth-order valence-electron chi connectivity index (χ4n) is 9.34. The van der Waals surface area contributed by atoms with Gasteiger partial charge >= 0.3 is 0 Å². The molecule has 0 atom stereocenters. The highest BCUT2D eigenvalue weighted by Crippen LogP contribution is 2.54. The standard InChI is InChI=1S/C51H34S/c1-51(2)43-27-24-34(30-42(43)40-26-23-32-25-28-45-49(48(32)50(40)51)41-21-10-11-22-44(41)52-45)33-15-12-16-35(29-33)47-38-19-8-6-17-36(38)46(31-13-4-3-5-14-31)37-18-7-9-20-39(37)47/h3-30H,1-2H3. The lowest BCUT2D eigenvalue weighted by molar-refractivity contribution is 0.667. The molecule has 244 valence electrons. The second-order valence-corrected chi connectivity index (χ2v) is 15.9. The van der Waals surface area contributed by atoms with E-state index in [2.05, 4.69) is 184 Å². The Kier molecular flexibility index (Phi) is 6.27. The molecule has 52 heavy (non-hydrogen) atoms. The van der Waals surface area contributed by atoms with E-state index in [1.165, 1.54) is 108 Å². The van der Waals surface area contributed by atoms with Crippen LogP contribution in [0, 0.1) is 0 Å². The maximum Gasteiger partial charge on any atom is 0.0361 e. The molecule has 0 N–H and O–H groups in total. The molecule has 0 saturated carbocycles. The zero-order valence-electron chi connectivity index (χ0n) is 29.1. The van der Waals surface area contributed by atoms with Crippen molar-refractivity contribution in [2.75, 3.05) is 0 Å². The minimum absolute atomic E-state index is 0.125. The lowest BCUT2D eigenvalue weighted by atomic mass is 9.79. The second kappa shape index (κ2) is 11.0. The Morgan fingerprint density at radius 2 is 0.962 bits per heavy atom. The van der Waals surface area contributed by atoms with E-state index in [4.69, 9.17) is 0 Å². The van der Waals surface area contributed by atoms with Crippen LogP contribution in [0.25, 0.3) is 97.0 Å². The van der Waals surface area contributed by atoms with Crippen molar-refractivity contribution < 1.29 is 0 Å². The van der Waals surface area contributed by atoms with Gasteiger partial charge in [-0.2, -0.15) is 0 Å². The van der Waals surface area contributed by atoms with Crippen LogP contribution in [-0.4, -0.2) is 0 Å². The zero-order chi connectivity index (χ0) is 34.6. The molecule has 0 amide bonds. The van der Waals surface area contributed by atoms with Crippen LogP contribution in [0.3, 0.4) is 0 Å². The van der Waals surface area contributed by atoms with Gasteiger partial charge in [0.2, 0.25) is 0 Å². The van der Waals surface area contributed by atoms with E-state index in [-0.39, 0.29) is 5.41 Å². The Hall–Kier alpha value is -6.02. The van der Waals surface area contributed by atoms with Crippen LogP contribution >= 0.6 is 11.3 Å². The van der Waals surface area contributed by atoms with Gasteiger partial charge in [-0.1, -0.05) is 159 Å². The summed E-state index contributed by atoms with van der Waals surface area (Å²) in [5.41, 5.74) is 13.0. The monoisotopic (exact) mass is 678 g/mol. The molecule has 0 saturated heterocycles. The normalized spacial score (nSPS) is 13.3. The van der Waals surface area contributed by atoms with Crippen molar-refractivity contribution in [3.8, 4) is 44.5 Å². The molecular formula is C51H34S. The summed E-state index contributed by atoms with van der Waals surface area (Å²) >= 11 is 1.91. The van der Waals surface area contributed by atoms with Gasteiger partial charge in [-0.3, -0.25) is 0 Å². The van der Waals surface area contributed by atoms with E-state index in [1.54, 1.807) is 0 Å². The summed E-state index contributed by atoms with van der Waals surface area (Å²) in [4.78, 5) is 0. The van der Waals surface area contributed by atoms with Crippen LogP contribution in [0.2, 0.25) is 0 Å². The van der Waals surface area contributed by atoms with Crippen molar-refractivity contribution in [3.63, 3.8) is 0 Å². The smallest absolute Gasteiger partial charge is 0.0361 e. The number of hydrogen-bond donors (Lipinski definition) is 0. The largest absolute Gasteiger partial charge is 0.135 e. The Bertz CT molecular complexity index is 3030. The molecule has 0 nitrogen and oxygen atoms in total. The molecule has 0 fully saturated rings. The van der Waals surface area contributed by atoms with E-state index in [0.29, 0.717) is 0 Å². The summed E-state index contributed by atoms with van der Waals surface area (Å²) in [6, 6.07) is 63.3. The number of hydrogen-bond acceptors (Lipinski definition) is 1. The van der Waals surface area contributed by atoms with Gasteiger partial charge in [0, 0.05) is 25.6 Å². The number of fused-ring (bicyclic) bond motifs is 11. The molecule has 9 aromatic carbocycles. The van der Waals surface area contributed by atoms with Crippen molar-refractivity contribution in [2.24, 2.45) is 0 Å². The third-order valence-electron chi connectivity index (χ3n) is 11.6. The van der Waals surface area contributed by atoms with Gasteiger partial charge in [-0.25, -0.2) is 0 Å². The first-order valence-corrected chi connectivity index (χ1v) is 19.0. The van der Waals surface area contributed by atoms with Crippen LogP contribution in [0.15, 0.2) is 170 Å². The average molecular weight is 679 g/mol. The third-order valence-corrected chi connectivity index (χ3v) is 12.7. The molecule has 1 aliphatic carbocycles. The minimum atomic E-state index is -0.125. The van der Waals surface area contributed by atoms with Gasteiger partial charge in [-0.15, -0.1) is 11.3 Å². The molecular weight excluding hydrogens is 645 g/mol. The molecule has 1 heteroatoms. The van der Waals surface area contributed by atoms with Crippen LogP contribution in [0.1, 0.15) is 25.0 Å². The first kappa shape index (κ1) is 29.7. The van der Waals surface area contributed by atoms with Crippen LogP contribution in [0.5, 0.6) is 0 Å². The highest BCUT2D eigenvalue weighted by Gasteiger charge is 2.37. The lowest BCUT2D eigenvalue weighted by Gasteiger charge is -2.24. The van der Waals surface area contributed by atoms with E-state index in [1.807, 2.05) is 11.3 Å². The molecule has 11 rings (SSSR count). The van der Waals surface area contributed by atoms with Gasteiger partial charge in [0.05, 0.1) is 0 Å². The predicted octanol–water partition coefficient (Wildman–Crippen LogP) is 14.8. The van der Waals surface area contributed by atoms with Gasteiger partial charge in [-0.05, 0) is 112 Å². The highest BCUT2D eigenvalue weighted by molar-refractivity contribution is 7.26. The van der Waals surface area contributed by atoms with Gasteiger partial charge < -0.3 is 0 Å². The predicted molar refractivity (Wildman–Crippen MR) is 226 cm³/mol. The number of benzene rings is 9. The third kappa shape index (κ3) is 4.15. The van der Waals surface area contributed by atoms with E-state index >= 15 is 0 Å². The molecule has 0 radical (unpaired) electrons. The Morgan fingerprint density at radius 3 is 1.69 bits per heavy atom. The Morgan fingerprint density at radius 1 is 0.385 bits per heavy atom. The second-order valence-electron chi connectivity index (χ2n) is 14.8. The first-order valence-electron chi connectivity index (χ1n) is 18.2. The molecule has 0 unspecified atom stereocenters. The molecule has 1 heterocycles. The molecule has 10 aromatic rings. The summed E-state index contributed by atoms with van der Waals surface area (Å²) < 4.78 is 2.72. The maximum absolute atomic E-state index is 2.45. The van der Waals surface area contributed by atoms with E-state index in [0.717, 1.165) is 0 Å². The fraction of sp³-hybridized carbons (Fsp3) is 0.0588. The van der Waals surface area contributed by atoms with Crippen LogP contribution < -0.4 is 0 Å². The van der Waals surface area contributed by atoms with Gasteiger partial charge in [0.25, 0.3) is 0 Å². The van der Waals surface area contributed by atoms with Crippen molar-refractivity contribution in [2.45, 2.75) is 19.3 Å². The van der Waals surface area contributed by atoms with Gasteiger partial charge in [0.1, 0.15) is 0 Å². The summed E-state index contributed by atoms with van der Waals surface area (Å²) in [5, 5.41) is 10.6. The quantitative estimate of drug-likeness (QED) is 0.163. The zero-order valence-corrected chi connectivity index (χ0v) is 29.9. The molecule has 0 bridgehead atoms. The first-order chi connectivity index (χ1) is 25.6. The van der Waals surface area contributed by atoms with Crippen LogP contribution in [-0.2, 0) is 5.41 Å². The summed E-state index contributed by atoms with van der Waals surface area (Å²) in [7, 11) is 0. The topological polar surface area (TPSA) is 0 Å². The highest BCUT2D eigenvalue weighted by atomic mass is 32.1. The lowest BCUT2D eigenvalue weighted by Crippen LogP contribution is -2.15. The number of thiophene rings is 1. The summed E-state index contributed by atoms with van der Waals surface area (Å²) in [5.74, 6) is 0. The summed E-state index contributed by atoms with van der Waals surface area (Å²) in [6.45, 7) is 4.83. The Balaban J connectivity index is 1.11.